The van der Waals surface area contributed by atoms with Crippen molar-refractivity contribution in [3.63, 3.8) is 0 Å². The van der Waals surface area contributed by atoms with E-state index in [0.717, 1.165) is 26.1 Å². The number of ether oxygens (including phenoxy) is 1. The van der Waals surface area contributed by atoms with E-state index in [1.54, 1.807) is 12.2 Å². The van der Waals surface area contributed by atoms with E-state index in [4.69, 9.17) is 27.8 Å². The molecular weight excluding hydrogens is 202 g/mol. The molecule has 4 nitrogen and oxygen atoms in total. The minimum absolute atomic E-state index is 0.235. The first-order valence-corrected chi connectivity index (χ1v) is 4.99. The molecule has 0 bridgehead atoms. The normalized spacial score (nSPS) is 20.8. The van der Waals surface area contributed by atoms with Gasteiger partial charge in [0.2, 0.25) is 0 Å². The van der Waals surface area contributed by atoms with Gasteiger partial charge in [0.15, 0.2) is 0 Å². The Morgan fingerprint density at radius 2 is 2.00 bits per heavy atom. The van der Waals surface area contributed by atoms with Gasteiger partial charge in [-0.05, 0) is 18.6 Å². The predicted octanol–water partition coefficient (Wildman–Crippen LogP) is 0.548. The van der Waals surface area contributed by atoms with Gasteiger partial charge in [-0.3, -0.25) is 0 Å². The highest BCUT2D eigenvalue weighted by Gasteiger charge is 2.08. The van der Waals surface area contributed by atoms with Crippen LogP contribution in [0.1, 0.15) is 6.42 Å². The number of rotatable bonds is 2. The Morgan fingerprint density at radius 3 is 2.71 bits per heavy atom. The van der Waals surface area contributed by atoms with Gasteiger partial charge in [-0.15, -0.1) is 0 Å². The zero-order chi connectivity index (χ0) is 10.4. The Kier molecular flexibility index (Phi) is 4.62. The molecule has 1 saturated heterocycles. The highest BCUT2D eigenvalue weighted by atomic mass is 35.5. The van der Waals surface area contributed by atoms with Gasteiger partial charge in [0.25, 0.3) is 0 Å². The summed E-state index contributed by atoms with van der Waals surface area (Å²) in [6.07, 6.45) is 4.30. The Morgan fingerprint density at radius 1 is 1.21 bits per heavy atom. The van der Waals surface area contributed by atoms with Crippen LogP contribution in [0.5, 0.6) is 0 Å². The van der Waals surface area contributed by atoms with Crippen molar-refractivity contribution in [1.29, 1.82) is 0 Å². The molecule has 1 heterocycles. The Balaban J connectivity index is 2.53. The number of halogens is 1. The summed E-state index contributed by atoms with van der Waals surface area (Å²) in [5, 5.41) is 0.235. The van der Waals surface area contributed by atoms with E-state index in [9.17, 15) is 0 Å². The lowest BCUT2D eigenvalue weighted by atomic mass is 10.4. The molecule has 0 radical (unpaired) electrons. The van der Waals surface area contributed by atoms with Crippen LogP contribution in [0.25, 0.3) is 0 Å². The van der Waals surface area contributed by atoms with Crippen molar-refractivity contribution < 1.29 is 4.74 Å². The van der Waals surface area contributed by atoms with Crippen molar-refractivity contribution in [1.82, 2.24) is 4.90 Å². The van der Waals surface area contributed by atoms with Crippen LogP contribution in [0.3, 0.4) is 0 Å². The van der Waals surface area contributed by atoms with Crippen LogP contribution in [-0.4, -0.2) is 31.2 Å². The van der Waals surface area contributed by atoms with Gasteiger partial charge in [-0.2, -0.15) is 0 Å². The van der Waals surface area contributed by atoms with Crippen LogP contribution >= 0.6 is 11.6 Å². The third-order valence-corrected chi connectivity index (χ3v) is 2.13. The third-order valence-electron chi connectivity index (χ3n) is 2.00. The number of hydrogen-bond acceptors (Lipinski definition) is 4. The summed E-state index contributed by atoms with van der Waals surface area (Å²) < 4.78 is 5.31. The van der Waals surface area contributed by atoms with Gasteiger partial charge >= 0.3 is 0 Å². The first-order valence-electron chi connectivity index (χ1n) is 4.61. The van der Waals surface area contributed by atoms with Crippen molar-refractivity contribution in [2.75, 3.05) is 26.3 Å². The molecule has 4 N–H and O–H groups in total. The van der Waals surface area contributed by atoms with Gasteiger partial charge in [0.1, 0.15) is 0 Å². The lowest BCUT2D eigenvalue weighted by Crippen LogP contribution is -2.30. The highest BCUT2D eigenvalue weighted by Crippen LogP contribution is 2.04. The van der Waals surface area contributed by atoms with Gasteiger partial charge in [-0.25, -0.2) is 0 Å². The quantitative estimate of drug-likeness (QED) is 0.524. The average Bonchev–Trinajstić information content (AvgIpc) is 2.42. The summed E-state index contributed by atoms with van der Waals surface area (Å²) >= 11 is 5.49. The second-order valence-electron chi connectivity index (χ2n) is 3.10. The third kappa shape index (κ3) is 3.89. The zero-order valence-corrected chi connectivity index (χ0v) is 8.83. The van der Waals surface area contributed by atoms with E-state index in [1.807, 2.05) is 0 Å². The highest BCUT2D eigenvalue weighted by molar-refractivity contribution is 6.29. The molecule has 1 aliphatic heterocycles. The lowest BCUT2D eigenvalue weighted by Gasteiger charge is -2.21. The molecule has 1 rings (SSSR count). The zero-order valence-electron chi connectivity index (χ0n) is 8.08. The molecule has 0 aromatic carbocycles. The van der Waals surface area contributed by atoms with Crippen LogP contribution in [0, 0.1) is 0 Å². The summed E-state index contributed by atoms with van der Waals surface area (Å²) in [5.74, 6) is 0.680. The summed E-state index contributed by atoms with van der Waals surface area (Å²) in [4.78, 5) is 2.06. The Hall–Kier alpha value is -0.870. The van der Waals surface area contributed by atoms with Crippen molar-refractivity contribution >= 4 is 11.6 Å². The van der Waals surface area contributed by atoms with Crippen LogP contribution in [0.2, 0.25) is 0 Å². The summed E-state index contributed by atoms with van der Waals surface area (Å²) in [7, 11) is 0. The second-order valence-corrected chi connectivity index (χ2v) is 3.53. The number of allylic oxidation sites excluding steroid dienone is 2. The average molecular weight is 218 g/mol. The number of nitrogens with zero attached hydrogens (tertiary/aromatic N) is 1. The van der Waals surface area contributed by atoms with E-state index >= 15 is 0 Å². The van der Waals surface area contributed by atoms with E-state index in [1.165, 1.54) is 0 Å². The van der Waals surface area contributed by atoms with Crippen LogP contribution in [0.15, 0.2) is 23.1 Å². The SMILES string of the molecule is N/C(Cl)=C\C=C(/N)N1CCCOCC1. The topological polar surface area (TPSA) is 64.5 Å². The van der Waals surface area contributed by atoms with Gasteiger partial charge in [-0.1, -0.05) is 11.6 Å². The lowest BCUT2D eigenvalue weighted by molar-refractivity contribution is 0.145. The smallest absolute Gasteiger partial charge is 0.0993 e. The maximum atomic E-state index is 5.84. The molecule has 0 aliphatic carbocycles. The molecule has 0 aromatic heterocycles. The molecule has 0 atom stereocenters. The first-order chi connectivity index (χ1) is 6.70. The standard InChI is InChI=1S/C9H16ClN3O/c10-8(11)2-3-9(12)13-4-1-6-14-7-5-13/h2-3H,1,4-7,11-12H2/b8-2-,9-3+. The summed E-state index contributed by atoms with van der Waals surface area (Å²) in [5.41, 5.74) is 11.1. The Labute approximate surface area is 89.1 Å². The molecule has 0 aromatic rings. The molecule has 0 unspecified atom stereocenters. The minimum Gasteiger partial charge on any atom is -0.389 e. The number of hydrogen-bond donors (Lipinski definition) is 2. The Bertz CT molecular complexity index is 228. The van der Waals surface area contributed by atoms with Crippen molar-refractivity contribution in [2.24, 2.45) is 11.5 Å². The van der Waals surface area contributed by atoms with Crippen LogP contribution in [-0.2, 0) is 4.74 Å². The molecule has 14 heavy (non-hydrogen) atoms. The fourth-order valence-electron chi connectivity index (χ4n) is 1.27. The molecular formula is C9H16ClN3O. The summed E-state index contributed by atoms with van der Waals surface area (Å²) in [6, 6.07) is 0. The fraction of sp³-hybridized carbons (Fsp3) is 0.556. The molecule has 1 aliphatic rings. The van der Waals surface area contributed by atoms with Crippen LogP contribution in [0.4, 0.5) is 0 Å². The monoisotopic (exact) mass is 217 g/mol. The van der Waals surface area contributed by atoms with Crippen molar-refractivity contribution in [3.8, 4) is 0 Å². The van der Waals surface area contributed by atoms with Crippen molar-refractivity contribution in [3.05, 3.63) is 23.1 Å². The van der Waals surface area contributed by atoms with E-state index in [-0.39, 0.29) is 5.16 Å². The first kappa shape index (κ1) is 11.2. The maximum absolute atomic E-state index is 5.84. The molecule has 80 valence electrons. The van der Waals surface area contributed by atoms with Crippen molar-refractivity contribution in [2.45, 2.75) is 6.42 Å². The molecule has 5 heteroatoms. The predicted molar refractivity (Wildman–Crippen MR) is 57.4 cm³/mol. The van der Waals surface area contributed by atoms with Gasteiger partial charge in [0, 0.05) is 19.7 Å². The van der Waals surface area contributed by atoms with E-state index in [2.05, 4.69) is 4.90 Å². The number of nitrogens with two attached hydrogens (primary N) is 2. The second kappa shape index (κ2) is 5.78. The van der Waals surface area contributed by atoms with Gasteiger partial charge in [0.05, 0.1) is 17.6 Å². The maximum Gasteiger partial charge on any atom is 0.0993 e. The van der Waals surface area contributed by atoms with Crippen LogP contribution < -0.4 is 11.5 Å². The molecule has 0 amide bonds. The molecule has 0 saturated carbocycles. The fourth-order valence-corrected chi connectivity index (χ4v) is 1.34. The largest absolute Gasteiger partial charge is 0.389 e. The van der Waals surface area contributed by atoms with E-state index < -0.39 is 0 Å². The van der Waals surface area contributed by atoms with Gasteiger partial charge < -0.3 is 21.1 Å². The minimum atomic E-state index is 0.235. The van der Waals surface area contributed by atoms with E-state index in [0.29, 0.717) is 12.4 Å². The molecule has 1 fully saturated rings. The summed E-state index contributed by atoms with van der Waals surface area (Å²) in [6.45, 7) is 3.25. The molecule has 0 spiro atoms.